The Labute approximate surface area is 129 Å². The molecule has 6 heteroatoms. The zero-order valence-corrected chi connectivity index (χ0v) is 13.0. The molecule has 1 aliphatic rings. The second-order valence-corrected chi connectivity index (χ2v) is 5.58. The molecule has 116 valence electrons. The molecule has 1 atom stereocenters. The van der Waals surface area contributed by atoms with Crippen LogP contribution < -0.4 is 15.4 Å². The summed E-state index contributed by atoms with van der Waals surface area (Å²) in [5.41, 5.74) is 3.10. The van der Waals surface area contributed by atoms with Gasteiger partial charge in [-0.25, -0.2) is 4.79 Å². The van der Waals surface area contributed by atoms with Gasteiger partial charge in [0, 0.05) is 30.8 Å². The van der Waals surface area contributed by atoms with E-state index >= 15 is 0 Å². The van der Waals surface area contributed by atoms with Crippen LogP contribution in [0.4, 0.5) is 10.6 Å². The van der Waals surface area contributed by atoms with E-state index in [2.05, 4.69) is 15.7 Å². The smallest absolute Gasteiger partial charge is 0.320 e. The van der Waals surface area contributed by atoms with Gasteiger partial charge in [0.15, 0.2) is 5.82 Å². The topological polar surface area (TPSA) is 68.2 Å². The Morgan fingerprint density at radius 3 is 2.95 bits per heavy atom. The van der Waals surface area contributed by atoms with Crippen molar-refractivity contribution in [1.29, 1.82) is 0 Å². The third-order valence-electron chi connectivity index (χ3n) is 3.93. The zero-order chi connectivity index (χ0) is 15.7. The lowest BCUT2D eigenvalue weighted by molar-refractivity contribution is 0.231. The minimum absolute atomic E-state index is 0.0477. The standard InChI is InChI=1S/C16H20N4O2/c1-10-5-4-6-12-13(7-8-22-15(10)12)17-16(21)18-14-9-11(2)20(3)19-14/h4-6,9,13H,7-8H2,1-3H3,(H2,17,18,19,21). The van der Waals surface area contributed by atoms with Gasteiger partial charge in [0.2, 0.25) is 0 Å². The number of fused-ring (bicyclic) bond motifs is 1. The first-order valence-electron chi connectivity index (χ1n) is 7.35. The van der Waals surface area contributed by atoms with Crippen molar-refractivity contribution in [2.75, 3.05) is 11.9 Å². The van der Waals surface area contributed by atoms with Gasteiger partial charge in [-0.2, -0.15) is 5.10 Å². The summed E-state index contributed by atoms with van der Waals surface area (Å²) < 4.78 is 7.44. The number of hydrogen-bond acceptors (Lipinski definition) is 3. The Hall–Kier alpha value is -2.50. The van der Waals surface area contributed by atoms with Crippen molar-refractivity contribution in [2.45, 2.75) is 26.3 Å². The number of benzene rings is 1. The number of para-hydroxylation sites is 1. The van der Waals surface area contributed by atoms with Crippen molar-refractivity contribution in [3.8, 4) is 5.75 Å². The van der Waals surface area contributed by atoms with Crippen molar-refractivity contribution in [3.05, 3.63) is 41.1 Å². The van der Waals surface area contributed by atoms with Gasteiger partial charge < -0.3 is 10.1 Å². The fourth-order valence-corrected chi connectivity index (χ4v) is 2.66. The second kappa shape index (κ2) is 5.71. The van der Waals surface area contributed by atoms with Crippen LogP contribution in [0, 0.1) is 13.8 Å². The number of carbonyl (C=O) groups excluding carboxylic acids is 1. The van der Waals surface area contributed by atoms with E-state index in [-0.39, 0.29) is 12.1 Å². The Morgan fingerprint density at radius 2 is 2.23 bits per heavy atom. The summed E-state index contributed by atoms with van der Waals surface area (Å²) in [6.45, 7) is 4.55. The summed E-state index contributed by atoms with van der Waals surface area (Å²) >= 11 is 0. The molecule has 0 fully saturated rings. The molecule has 2 heterocycles. The van der Waals surface area contributed by atoms with E-state index in [1.54, 1.807) is 4.68 Å². The van der Waals surface area contributed by atoms with E-state index in [0.717, 1.165) is 29.0 Å². The summed E-state index contributed by atoms with van der Waals surface area (Å²) in [4.78, 5) is 12.2. The molecule has 1 unspecified atom stereocenters. The number of nitrogens with zero attached hydrogens (tertiary/aromatic N) is 2. The van der Waals surface area contributed by atoms with Gasteiger partial charge in [-0.3, -0.25) is 10.00 Å². The number of ether oxygens (including phenoxy) is 1. The van der Waals surface area contributed by atoms with Crippen molar-refractivity contribution >= 4 is 11.8 Å². The van der Waals surface area contributed by atoms with Crippen LogP contribution in [0.15, 0.2) is 24.3 Å². The second-order valence-electron chi connectivity index (χ2n) is 5.58. The van der Waals surface area contributed by atoms with Crippen LogP contribution in [0.3, 0.4) is 0 Å². The number of aryl methyl sites for hydroxylation is 3. The number of nitrogens with one attached hydrogen (secondary N) is 2. The summed E-state index contributed by atoms with van der Waals surface area (Å²) in [5.74, 6) is 1.43. The van der Waals surface area contributed by atoms with Gasteiger partial charge in [0.05, 0.1) is 12.6 Å². The Morgan fingerprint density at radius 1 is 1.41 bits per heavy atom. The van der Waals surface area contributed by atoms with Gasteiger partial charge in [-0.1, -0.05) is 18.2 Å². The third kappa shape index (κ3) is 2.77. The van der Waals surface area contributed by atoms with Gasteiger partial charge in [0.1, 0.15) is 5.75 Å². The molecule has 2 amide bonds. The fourth-order valence-electron chi connectivity index (χ4n) is 2.66. The molecule has 0 aliphatic carbocycles. The number of urea groups is 1. The summed E-state index contributed by atoms with van der Waals surface area (Å²) in [5, 5.41) is 10.00. The van der Waals surface area contributed by atoms with Crippen molar-refractivity contribution < 1.29 is 9.53 Å². The quantitative estimate of drug-likeness (QED) is 0.896. The lowest BCUT2D eigenvalue weighted by atomic mass is 9.98. The molecule has 0 radical (unpaired) electrons. The number of hydrogen-bond donors (Lipinski definition) is 2. The summed E-state index contributed by atoms with van der Waals surface area (Å²) in [6.07, 6.45) is 0.755. The minimum Gasteiger partial charge on any atom is -0.493 e. The predicted molar refractivity (Wildman–Crippen MR) is 84.1 cm³/mol. The molecule has 0 spiro atoms. The largest absolute Gasteiger partial charge is 0.493 e. The molecule has 22 heavy (non-hydrogen) atoms. The normalized spacial score (nSPS) is 16.6. The Bertz CT molecular complexity index is 689. The van der Waals surface area contributed by atoms with E-state index in [1.807, 2.05) is 45.2 Å². The van der Waals surface area contributed by atoms with E-state index in [0.29, 0.717) is 12.4 Å². The Kier molecular flexibility index (Phi) is 3.75. The summed E-state index contributed by atoms with van der Waals surface area (Å²) in [7, 11) is 1.84. The van der Waals surface area contributed by atoms with E-state index < -0.39 is 0 Å². The molecule has 0 saturated heterocycles. The van der Waals surface area contributed by atoms with Gasteiger partial charge in [-0.05, 0) is 19.4 Å². The van der Waals surface area contributed by atoms with Crippen LogP contribution in [0.1, 0.15) is 29.3 Å². The molecule has 0 bridgehead atoms. The lowest BCUT2D eigenvalue weighted by Gasteiger charge is -2.27. The number of carbonyl (C=O) groups is 1. The first-order chi connectivity index (χ1) is 10.5. The van der Waals surface area contributed by atoms with Crippen LogP contribution >= 0.6 is 0 Å². The lowest BCUT2D eigenvalue weighted by Crippen LogP contribution is -2.35. The monoisotopic (exact) mass is 300 g/mol. The van der Waals surface area contributed by atoms with Crippen LogP contribution in [-0.4, -0.2) is 22.4 Å². The highest BCUT2D eigenvalue weighted by Gasteiger charge is 2.24. The third-order valence-corrected chi connectivity index (χ3v) is 3.93. The number of aromatic nitrogens is 2. The van der Waals surface area contributed by atoms with E-state index in [9.17, 15) is 4.79 Å². The van der Waals surface area contributed by atoms with Crippen molar-refractivity contribution in [2.24, 2.45) is 7.05 Å². The molecule has 1 aromatic heterocycles. The number of anilines is 1. The molecule has 1 aromatic carbocycles. The molecule has 2 N–H and O–H groups in total. The first-order valence-corrected chi connectivity index (χ1v) is 7.35. The highest BCUT2D eigenvalue weighted by atomic mass is 16.5. The van der Waals surface area contributed by atoms with Crippen molar-refractivity contribution in [1.82, 2.24) is 15.1 Å². The van der Waals surface area contributed by atoms with Crippen LogP contribution in [0.25, 0.3) is 0 Å². The first kappa shape index (κ1) is 14.4. The fraction of sp³-hybridized carbons (Fsp3) is 0.375. The average molecular weight is 300 g/mol. The van der Waals surface area contributed by atoms with Gasteiger partial charge in [-0.15, -0.1) is 0 Å². The zero-order valence-electron chi connectivity index (χ0n) is 13.0. The molecule has 6 nitrogen and oxygen atoms in total. The number of amides is 2. The van der Waals surface area contributed by atoms with E-state index in [4.69, 9.17) is 4.74 Å². The van der Waals surface area contributed by atoms with Gasteiger partial charge >= 0.3 is 6.03 Å². The minimum atomic E-state index is -0.252. The van der Waals surface area contributed by atoms with Crippen LogP contribution in [-0.2, 0) is 7.05 Å². The molecule has 3 rings (SSSR count). The van der Waals surface area contributed by atoms with E-state index in [1.165, 1.54) is 0 Å². The SMILES string of the molecule is Cc1cccc2c1OCCC2NC(=O)Nc1cc(C)n(C)n1. The molecule has 0 saturated carbocycles. The summed E-state index contributed by atoms with van der Waals surface area (Å²) in [6, 6.07) is 7.53. The van der Waals surface area contributed by atoms with Crippen LogP contribution in [0.5, 0.6) is 5.75 Å². The molecular weight excluding hydrogens is 280 g/mol. The maximum Gasteiger partial charge on any atom is 0.320 e. The molecular formula is C16H20N4O2. The molecule has 2 aromatic rings. The van der Waals surface area contributed by atoms with Crippen LogP contribution in [0.2, 0.25) is 0 Å². The van der Waals surface area contributed by atoms with Gasteiger partial charge in [0.25, 0.3) is 0 Å². The maximum atomic E-state index is 12.2. The predicted octanol–water partition coefficient (Wildman–Crippen LogP) is 2.68. The molecule has 1 aliphatic heterocycles. The number of rotatable bonds is 2. The maximum absolute atomic E-state index is 12.2. The highest BCUT2D eigenvalue weighted by Crippen LogP contribution is 2.34. The highest BCUT2D eigenvalue weighted by molar-refractivity contribution is 5.88. The average Bonchev–Trinajstić information content (AvgIpc) is 2.78. The van der Waals surface area contributed by atoms with Crippen molar-refractivity contribution in [3.63, 3.8) is 0 Å². The Balaban J connectivity index is 1.72.